The van der Waals surface area contributed by atoms with Crippen molar-refractivity contribution in [2.45, 2.75) is 88.3 Å². The van der Waals surface area contributed by atoms with Crippen LogP contribution in [0.5, 0.6) is 5.75 Å². The van der Waals surface area contributed by atoms with Crippen LogP contribution in [-0.2, 0) is 14.3 Å². The molecular weight excluding hydrogens is 516 g/mol. The Kier molecular flexibility index (Phi) is 6.36. The van der Waals surface area contributed by atoms with Gasteiger partial charge >= 0.3 is 18.2 Å². The van der Waals surface area contributed by atoms with Gasteiger partial charge in [-0.05, 0) is 125 Å². The van der Waals surface area contributed by atoms with Gasteiger partial charge in [-0.25, -0.2) is 24.5 Å². The van der Waals surface area contributed by atoms with Crippen LogP contribution in [0.2, 0.25) is 0 Å². The SMILES string of the molecule is O=C(CN(C(=O)OC12CC3CC(CC(C3)C1)C2)C(=O)OC12CC3CC(CC(C3)C1)C2)Oc1ccc([NH+]([O-])O)cc1. The van der Waals surface area contributed by atoms with E-state index in [2.05, 4.69) is 0 Å². The van der Waals surface area contributed by atoms with Gasteiger partial charge in [0.2, 0.25) is 0 Å². The van der Waals surface area contributed by atoms with Crippen LogP contribution in [0.1, 0.15) is 77.0 Å². The van der Waals surface area contributed by atoms with Crippen molar-refractivity contribution < 1.29 is 39.0 Å². The average Bonchev–Trinajstić information content (AvgIpc) is 2.85. The van der Waals surface area contributed by atoms with Crippen LogP contribution in [-0.4, -0.2) is 46.0 Å². The van der Waals surface area contributed by atoms with E-state index in [4.69, 9.17) is 19.4 Å². The summed E-state index contributed by atoms with van der Waals surface area (Å²) in [6, 6.07) is 5.39. The van der Waals surface area contributed by atoms with Gasteiger partial charge in [0.05, 0.1) is 0 Å². The van der Waals surface area contributed by atoms with Gasteiger partial charge in [0.25, 0.3) is 0 Å². The predicted octanol–water partition coefficient (Wildman–Crippen LogP) is 4.51. The molecule has 8 saturated carbocycles. The van der Waals surface area contributed by atoms with E-state index < -0.39 is 41.1 Å². The third kappa shape index (κ3) is 4.99. The monoisotopic (exact) mass is 554 g/mol. The first-order chi connectivity index (χ1) is 19.1. The highest BCUT2D eigenvalue weighted by Gasteiger charge is 2.56. The summed E-state index contributed by atoms with van der Waals surface area (Å²) in [4.78, 5) is 41.2. The van der Waals surface area contributed by atoms with Gasteiger partial charge in [-0.15, -0.1) is 0 Å². The van der Waals surface area contributed by atoms with E-state index >= 15 is 0 Å². The number of carbonyl (C=O) groups excluding carboxylic acids is 3. The van der Waals surface area contributed by atoms with Gasteiger partial charge in [-0.3, -0.25) is 0 Å². The Morgan fingerprint density at radius 2 is 1.12 bits per heavy atom. The van der Waals surface area contributed by atoms with Crippen LogP contribution >= 0.6 is 0 Å². The lowest BCUT2D eigenvalue weighted by Gasteiger charge is -2.56. The van der Waals surface area contributed by atoms with E-state index in [0.29, 0.717) is 35.5 Å². The predicted molar refractivity (Wildman–Crippen MR) is 139 cm³/mol. The minimum Gasteiger partial charge on any atom is -0.595 e. The van der Waals surface area contributed by atoms with Crippen molar-refractivity contribution in [2.24, 2.45) is 35.5 Å². The van der Waals surface area contributed by atoms with Crippen LogP contribution < -0.4 is 9.96 Å². The third-order valence-electron chi connectivity index (χ3n) is 10.6. The maximum atomic E-state index is 13.7. The molecule has 0 heterocycles. The number of amides is 2. The van der Waals surface area contributed by atoms with Crippen LogP contribution in [0.15, 0.2) is 24.3 Å². The molecule has 0 spiro atoms. The molecular formula is C30H38N2O8. The van der Waals surface area contributed by atoms with Crippen LogP contribution in [0.3, 0.4) is 0 Å². The fourth-order valence-electron chi connectivity index (χ4n) is 9.96. The molecule has 1 atom stereocenters. The molecule has 2 N–H and O–H groups in total. The molecule has 40 heavy (non-hydrogen) atoms. The van der Waals surface area contributed by atoms with E-state index in [0.717, 1.165) is 43.4 Å². The molecule has 8 fully saturated rings. The summed E-state index contributed by atoms with van der Waals surface area (Å²) in [7, 11) is 0. The largest absolute Gasteiger partial charge is 0.595 e. The topological polar surface area (TPSA) is 130 Å². The van der Waals surface area contributed by atoms with Gasteiger partial charge in [-0.1, -0.05) is 0 Å². The van der Waals surface area contributed by atoms with Crippen molar-refractivity contribution >= 4 is 23.8 Å². The number of hydrogen-bond acceptors (Lipinski definition) is 8. The summed E-state index contributed by atoms with van der Waals surface area (Å²) in [5.74, 6) is 2.58. The molecule has 0 saturated heterocycles. The molecule has 0 aliphatic heterocycles. The van der Waals surface area contributed by atoms with E-state index in [1.54, 1.807) is 0 Å². The summed E-state index contributed by atoms with van der Waals surface area (Å²) in [5, 5.41) is 19.2. The number of hydrogen-bond donors (Lipinski definition) is 2. The smallest absolute Gasteiger partial charge is 0.420 e. The van der Waals surface area contributed by atoms with Gasteiger partial charge in [0.15, 0.2) is 5.69 Å². The third-order valence-corrected chi connectivity index (χ3v) is 10.6. The fraction of sp³-hybridized carbons (Fsp3) is 0.700. The first-order valence-electron chi connectivity index (χ1n) is 14.9. The molecule has 1 aromatic rings. The van der Waals surface area contributed by atoms with Gasteiger partial charge in [0.1, 0.15) is 23.5 Å². The van der Waals surface area contributed by atoms with Crippen LogP contribution in [0.25, 0.3) is 0 Å². The lowest BCUT2D eigenvalue weighted by atomic mass is 9.54. The quantitative estimate of drug-likeness (QED) is 0.299. The second-order valence-corrected chi connectivity index (χ2v) is 13.8. The zero-order valence-corrected chi connectivity index (χ0v) is 22.7. The Labute approximate surface area is 233 Å². The molecule has 8 aliphatic carbocycles. The average molecular weight is 555 g/mol. The molecule has 10 heteroatoms. The van der Waals surface area contributed by atoms with Crippen molar-refractivity contribution in [3.05, 3.63) is 29.5 Å². The lowest BCUT2D eigenvalue weighted by Crippen LogP contribution is -2.99. The van der Waals surface area contributed by atoms with Crippen molar-refractivity contribution in [3.8, 4) is 5.75 Å². The second-order valence-electron chi connectivity index (χ2n) is 13.8. The normalized spacial score (nSPS) is 39.0. The van der Waals surface area contributed by atoms with E-state index in [-0.39, 0.29) is 11.4 Å². The lowest BCUT2D eigenvalue weighted by molar-refractivity contribution is -0.991. The summed E-state index contributed by atoms with van der Waals surface area (Å²) in [6.07, 6.45) is 10.3. The molecule has 216 valence electrons. The van der Waals surface area contributed by atoms with Crippen molar-refractivity contribution in [1.29, 1.82) is 0 Å². The standard InChI is InChI=1S/C30H38N2O8/c33-26(38-25-3-1-24(2-4-25)32(36)37)17-31(27(34)39-29-11-18-5-19(12-29)7-20(6-18)13-29)28(35)40-30-14-21-8-22(15-30)10-23(9-21)16-30/h1-4,18-23,32,36H,5-17H2. The van der Waals surface area contributed by atoms with Crippen molar-refractivity contribution in [3.63, 3.8) is 0 Å². The van der Waals surface area contributed by atoms with Crippen LogP contribution in [0.4, 0.5) is 15.3 Å². The molecule has 8 aliphatic rings. The molecule has 0 aromatic heterocycles. The first kappa shape index (κ1) is 26.2. The van der Waals surface area contributed by atoms with E-state index in [1.807, 2.05) is 0 Å². The molecule has 0 radical (unpaired) electrons. The highest BCUT2D eigenvalue weighted by atomic mass is 16.8. The first-order valence-corrected chi connectivity index (χ1v) is 14.9. The fourth-order valence-corrected chi connectivity index (χ4v) is 9.96. The number of ether oxygens (including phenoxy) is 3. The Morgan fingerprint density at radius 3 is 1.48 bits per heavy atom. The minimum atomic E-state index is -1.09. The zero-order valence-electron chi connectivity index (χ0n) is 22.7. The second kappa shape index (κ2) is 9.70. The number of quaternary nitrogens is 1. The van der Waals surface area contributed by atoms with E-state index in [9.17, 15) is 19.6 Å². The number of nitrogens with zero attached hydrogens (tertiary/aromatic N) is 1. The summed E-state index contributed by atoms with van der Waals surface area (Å²) >= 11 is 0. The summed E-state index contributed by atoms with van der Waals surface area (Å²) in [5.41, 5.74) is -1.11. The molecule has 1 unspecified atom stereocenters. The molecule has 8 bridgehead atoms. The Morgan fingerprint density at radius 1 is 0.750 bits per heavy atom. The van der Waals surface area contributed by atoms with Crippen LogP contribution in [0, 0.1) is 40.7 Å². The number of nitrogens with one attached hydrogen (secondary N) is 1. The molecule has 1 aromatic carbocycles. The molecule has 2 amide bonds. The Bertz CT molecular complexity index is 1050. The van der Waals surface area contributed by atoms with Gasteiger partial charge in [-0.2, -0.15) is 5.23 Å². The number of rotatable bonds is 6. The summed E-state index contributed by atoms with van der Waals surface area (Å²) < 4.78 is 17.7. The van der Waals surface area contributed by atoms with Gasteiger partial charge in [0, 0.05) is 12.1 Å². The highest BCUT2D eigenvalue weighted by molar-refractivity contribution is 5.92. The van der Waals surface area contributed by atoms with Crippen molar-refractivity contribution in [1.82, 2.24) is 4.90 Å². The number of esters is 1. The maximum Gasteiger partial charge on any atom is 0.420 e. The number of carbonyl (C=O) groups is 3. The molecule has 9 rings (SSSR count). The van der Waals surface area contributed by atoms with Crippen molar-refractivity contribution in [2.75, 3.05) is 6.54 Å². The minimum absolute atomic E-state index is 0.0553. The van der Waals surface area contributed by atoms with E-state index in [1.165, 1.54) is 62.8 Å². The zero-order chi connectivity index (χ0) is 27.6. The Balaban J connectivity index is 1.08. The molecule has 10 nitrogen and oxygen atoms in total. The maximum absolute atomic E-state index is 13.7. The van der Waals surface area contributed by atoms with Gasteiger partial charge < -0.3 is 19.4 Å². The Hall–Kier alpha value is -2.69. The summed E-state index contributed by atoms with van der Waals surface area (Å²) in [6.45, 7) is -0.642. The number of imide groups is 1. The highest BCUT2D eigenvalue weighted by Crippen LogP contribution is 2.58. The number of benzene rings is 1.